The zero-order valence-corrected chi connectivity index (χ0v) is 12.2. The molecule has 0 unspecified atom stereocenters. The van der Waals surface area contributed by atoms with Crippen molar-refractivity contribution >= 4 is 23.4 Å². The Balaban J connectivity index is 2.49. The molecule has 0 radical (unpaired) electrons. The largest absolute Gasteiger partial charge is 0.462 e. The Kier molecular flexibility index (Phi) is 4.47. The van der Waals surface area contributed by atoms with Gasteiger partial charge in [-0.05, 0) is 37.8 Å². The number of oxime groups is 1. The van der Waals surface area contributed by atoms with E-state index in [0.29, 0.717) is 18.8 Å². The third-order valence-electron chi connectivity index (χ3n) is 3.04. The maximum Gasteiger partial charge on any atom is 0.338 e. The molecule has 0 fully saturated rings. The van der Waals surface area contributed by atoms with E-state index in [1.165, 1.54) is 0 Å². The second-order valence-corrected chi connectivity index (χ2v) is 5.01. The Morgan fingerprint density at radius 2 is 2.32 bits per heavy atom. The van der Waals surface area contributed by atoms with Crippen molar-refractivity contribution in [3.05, 3.63) is 28.8 Å². The van der Waals surface area contributed by atoms with E-state index in [1.54, 1.807) is 18.7 Å². The van der Waals surface area contributed by atoms with E-state index in [4.69, 9.17) is 9.57 Å². The van der Waals surface area contributed by atoms with E-state index < -0.39 is 0 Å². The number of thioether (sulfide) groups is 1. The molecule has 1 heterocycles. The predicted octanol–water partition coefficient (Wildman–Crippen LogP) is 3.02. The molecule has 1 aliphatic heterocycles. The molecule has 5 heteroatoms. The highest BCUT2D eigenvalue weighted by Crippen LogP contribution is 2.29. The van der Waals surface area contributed by atoms with Crippen LogP contribution in [0.5, 0.6) is 0 Å². The fourth-order valence-corrected chi connectivity index (χ4v) is 2.81. The highest BCUT2D eigenvalue weighted by molar-refractivity contribution is 7.98. The topological polar surface area (TPSA) is 47.9 Å². The van der Waals surface area contributed by atoms with Gasteiger partial charge in [0.25, 0.3) is 0 Å². The summed E-state index contributed by atoms with van der Waals surface area (Å²) >= 11 is 1.64. The molecule has 2 rings (SSSR count). The highest BCUT2D eigenvalue weighted by atomic mass is 32.2. The molecule has 1 aromatic carbocycles. The lowest BCUT2D eigenvalue weighted by molar-refractivity contribution is 0.0525. The predicted molar refractivity (Wildman–Crippen MR) is 76.0 cm³/mol. The van der Waals surface area contributed by atoms with Gasteiger partial charge in [-0.15, -0.1) is 11.8 Å². The van der Waals surface area contributed by atoms with Crippen molar-refractivity contribution in [1.29, 1.82) is 0 Å². The van der Waals surface area contributed by atoms with Gasteiger partial charge >= 0.3 is 5.97 Å². The quantitative estimate of drug-likeness (QED) is 0.628. The second kappa shape index (κ2) is 6.10. The van der Waals surface area contributed by atoms with Gasteiger partial charge in [0, 0.05) is 16.9 Å². The minimum absolute atomic E-state index is 0.284. The molecule has 102 valence electrons. The molecule has 0 bridgehead atoms. The van der Waals surface area contributed by atoms with E-state index in [0.717, 1.165) is 28.2 Å². The third kappa shape index (κ3) is 2.76. The van der Waals surface area contributed by atoms with Gasteiger partial charge in [-0.1, -0.05) is 5.16 Å². The second-order valence-electron chi connectivity index (χ2n) is 4.16. The van der Waals surface area contributed by atoms with Crippen LogP contribution in [0.3, 0.4) is 0 Å². The lowest BCUT2D eigenvalue weighted by atomic mass is 9.97. The van der Waals surface area contributed by atoms with Crippen molar-refractivity contribution < 1.29 is 14.4 Å². The summed E-state index contributed by atoms with van der Waals surface area (Å²) in [6.07, 6.45) is 2.79. The van der Waals surface area contributed by atoms with Gasteiger partial charge in [0.1, 0.15) is 6.61 Å². The van der Waals surface area contributed by atoms with Crippen LogP contribution in [0.4, 0.5) is 0 Å². The number of benzene rings is 1. The van der Waals surface area contributed by atoms with Gasteiger partial charge in [-0.3, -0.25) is 0 Å². The van der Waals surface area contributed by atoms with E-state index in [2.05, 4.69) is 5.16 Å². The summed E-state index contributed by atoms with van der Waals surface area (Å²) in [5.41, 5.74) is 3.43. The smallest absolute Gasteiger partial charge is 0.338 e. The van der Waals surface area contributed by atoms with Crippen molar-refractivity contribution in [2.45, 2.75) is 25.2 Å². The summed E-state index contributed by atoms with van der Waals surface area (Å²) in [6, 6.07) is 3.76. The van der Waals surface area contributed by atoms with Crippen LogP contribution in [0.2, 0.25) is 0 Å². The number of carbonyl (C=O) groups is 1. The standard InChI is InChI=1S/C14H17NO3S/c1-4-17-14(16)10-5-6-12(19-3)13(9(10)2)11-7-8-18-15-11/h5-6H,4,7-8H2,1-3H3. The first-order valence-electron chi connectivity index (χ1n) is 6.23. The Bertz CT molecular complexity index is 526. The maximum atomic E-state index is 11.9. The highest BCUT2D eigenvalue weighted by Gasteiger charge is 2.21. The molecule has 0 N–H and O–H groups in total. The van der Waals surface area contributed by atoms with Gasteiger partial charge in [-0.2, -0.15) is 0 Å². The number of esters is 1. The summed E-state index contributed by atoms with van der Waals surface area (Å²) < 4.78 is 5.08. The van der Waals surface area contributed by atoms with Crippen molar-refractivity contribution in [3.8, 4) is 0 Å². The molecule has 1 aliphatic rings. The number of nitrogens with zero attached hydrogens (tertiary/aromatic N) is 1. The Morgan fingerprint density at radius 3 is 2.89 bits per heavy atom. The first-order valence-corrected chi connectivity index (χ1v) is 7.45. The molecule has 0 amide bonds. The Hall–Kier alpha value is -1.49. The molecule has 0 aromatic heterocycles. The molecular weight excluding hydrogens is 262 g/mol. The normalized spacial score (nSPS) is 13.9. The Labute approximate surface area is 117 Å². The van der Waals surface area contributed by atoms with E-state index in [9.17, 15) is 4.79 Å². The zero-order valence-electron chi connectivity index (χ0n) is 11.4. The minimum Gasteiger partial charge on any atom is -0.462 e. The molecular formula is C14H17NO3S. The van der Waals surface area contributed by atoms with Crippen LogP contribution in [0.1, 0.15) is 34.8 Å². The number of hydrogen-bond acceptors (Lipinski definition) is 5. The van der Waals surface area contributed by atoms with Gasteiger partial charge < -0.3 is 9.57 Å². The monoisotopic (exact) mass is 279 g/mol. The van der Waals surface area contributed by atoms with Crippen LogP contribution in [-0.2, 0) is 9.57 Å². The number of carbonyl (C=O) groups excluding carboxylic acids is 1. The zero-order chi connectivity index (χ0) is 13.8. The minimum atomic E-state index is -0.284. The van der Waals surface area contributed by atoms with Crippen LogP contribution in [0.15, 0.2) is 22.2 Å². The first kappa shape index (κ1) is 13.9. The molecule has 4 nitrogen and oxygen atoms in total. The summed E-state index contributed by atoms with van der Waals surface area (Å²) in [5, 5.41) is 4.07. The van der Waals surface area contributed by atoms with Crippen molar-refractivity contribution in [2.75, 3.05) is 19.5 Å². The van der Waals surface area contributed by atoms with Gasteiger partial charge in [0.2, 0.25) is 0 Å². The van der Waals surface area contributed by atoms with Gasteiger partial charge in [0.05, 0.1) is 17.9 Å². The first-order chi connectivity index (χ1) is 9.19. The molecule has 0 atom stereocenters. The van der Waals surface area contributed by atoms with Crippen LogP contribution in [0.25, 0.3) is 0 Å². The summed E-state index contributed by atoms with van der Waals surface area (Å²) in [7, 11) is 0. The lowest BCUT2D eigenvalue weighted by Gasteiger charge is -2.13. The van der Waals surface area contributed by atoms with Gasteiger partial charge in [0.15, 0.2) is 0 Å². The summed E-state index contributed by atoms with van der Waals surface area (Å²) in [6.45, 7) is 4.72. The average Bonchev–Trinajstić information content (AvgIpc) is 2.91. The van der Waals surface area contributed by atoms with E-state index in [-0.39, 0.29) is 5.97 Å². The SMILES string of the molecule is CCOC(=O)c1ccc(SC)c(C2=NOCC2)c1C. The Morgan fingerprint density at radius 1 is 1.53 bits per heavy atom. The van der Waals surface area contributed by atoms with Crippen molar-refractivity contribution in [1.82, 2.24) is 0 Å². The maximum absolute atomic E-state index is 11.9. The van der Waals surface area contributed by atoms with Gasteiger partial charge in [-0.25, -0.2) is 4.79 Å². The number of rotatable bonds is 4. The third-order valence-corrected chi connectivity index (χ3v) is 3.82. The van der Waals surface area contributed by atoms with Crippen molar-refractivity contribution in [2.24, 2.45) is 5.16 Å². The van der Waals surface area contributed by atoms with E-state index >= 15 is 0 Å². The number of hydrogen-bond donors (Lipinski definition) is 0. The molecule has 0 saturated carbocycles. The number of ether oxygens (including phenoxy) is 1. The fourth-order valence-electron chi connectivity index (χ4n) is 2.13. The molecule has 0 aliphatic carbocycles. The van der Waals surface area contributed by atoms with Crippen LogP contribution >= 0.6 is 11.8 Å². The fraction of sp³-hybridized carbons (Fsp3) is 0.429. The lowest BCUT2D eigenvalue weighted by Crippen LogP contribution is -2.11. The molecule has 1 aromatic rings. The summed E-state index contributed by atoms with van der Waals surface area (Å²) in [4.78, 5) is 18.1. The van der Waals surface area contributed by atoms with E-state index in [1.807, 2.05) is 25.3 Å². The summed E-state index contributed by atoms with van der Waals surface area (Å²) in [5.74, 6) is -0.284. The molecule has 0 saturated heterocycles. The molecule has 19 heavy (non-hydrogen) atoms. The molecule has 0 spiro atoms. The average molecular weight is 279 g/mol. The van der Waals surface area contributed by atoms with Crippen LogP contribution in [0, 0.1) is 6.92 Å². The van der Waals surface area contributed by atoms with Crippen molar-refractivity contribution in [3.63, 3.8) is 0 Å². The van der Waals surface area contributed by atoms with Crippen LogP contribution < -0.4 is 0 Å². The van der Waals surface area contributed by atoms with Crippen LogP contribution in [-0.4, -0.2) is 31.2 Å².